The zero-order valence-electron chi connectivity index (χ0n) is 19.2. The van der Waals surface area contributed by atoms with Crippen molar-refractivity contribution in [3.63, 3.8) is 0 Å². The summed E-state index contributed by atoms with van der Waals surface area (Å²) in [5.41, 5.74) is 4.65. The van der Waals surface area contributed by atoms with Gasteiger partial charge in [0.2, 0.25) is 11.8 Å². The lowest BCUT2D eigenvalue weighted by Gasteiger charge is -2.24. The van der Waals surface area contributed by atoms with Crippen LogP contribution in [0.25, 0.3) is 0 Å². The summed E-state index contributed by atoms with van der Waals surface area (Å²) >= 11 is 0. The van der Waals surface area contributed by atoms with Gasteiger partial charge in [-0.2, -0.15) is 0 Å². The number of halogens is 1. The lowest BCUT2D eigenvalue weighted by Crippen LogP contribution is -2.41. The lowest BCUT2D eigenvalue weighted by molar-refractivity contribution is -0.132. The Morgan fingerprint density at radius 1 is 1.06 bits per heavy atom. The van der Waals surface area contributed by atoms with Crippen molar-refractivity contribution in [3.8, 4) is 5.75 Å². The van der Waals surface area contributed by atoms with Gasteiger partial charge in [0, 0.05) is 18.8 Å². The molecule has 0 aliphatic rings. The first-order valence-electron chi connectivity index (χ1n) is 10.3. The highest BCUT2D eigenvalue weighted by Crippen LogP contribution is 2.22. The Hall–Kier alpha value is -2.93. The van der Waals surface area contributed by atoms with Gasteiger partial charge < -0.3 is 15.0 Å². The van der Waals surface area contributed by atoms with Gasteiger partial charge in [-0.05, 0) is 63.6 Å². The van der Waals surface area contributed by atoms with Crippen LogP contribution in [0.2, 0.25) is 0 Å². The Bertz CT molecular complexity index is 923. The number of hydrogen-bond donors (Lipinski definition) is 1. The molecular formula is C24H32FN3O3. The fourth-order valence-corrected chi connectivity index (χ4v) is 3.59. The molecule has 168 valence electrons. The van der Waals surface area contributed by atoms with Gasteiger partial charge in [0.25, 0.3) is 0 Å². The Morgan fingerprint density at radius 3 is 2.26 bits per heavy atom. The molecule has 2 rings (SSSR count). The predicted octanol–water partition coefficient (Wildman–Crippen LogP) is 3.68. The second-order valence-corrected chi connectivity index (χ2v) is 7.87. The maximum absolute atomic E-state index is 13.9. The normalized spacial score (nSPS) is 10.8. The fraction of sp³-hybridized carbons (Fsp3) is 0.417. The smallest absolute Gasteiger partial charge is 0.238 e. The van der Waals surface area contributed by atoms with Crippen LogP contribution < -0.4 is 10.1 Å². The third-order valence-corrected chi connectivity index (χ3v) is 5.08. The van der Waals surface area contributed by atoms with Crippen LogP contribution in [-0.2, 0) is 16.1 Å². The number of aryl methyl sites for hydroxylation is 3. The van der Waals surface area contributed by atoms with E-state index < -0.39 is 5.82 Å². The summed E-state index contributed by atoms with van der Waals surface area (Å²) in [5.74, 6) is -0.593. The minimum Gasteiger partial charge on any atom is -0.494 e. The average Bonchev–Trinajstić information content (AvgIpc) is 2.68. The van der Waals surface area contributed by atoms with E-state index in [1.165, 1.54) is 13.2 Å². The number of benzene rings is 2. The number of likely N-dealkylation sites (N-methyl/N-ethyl adjacent to an activating group) is 2. The third-order valence-electron chi connectivity index (χ3n) is 5.08. The van der Waals surface area contributed by atoms with E-state index in [0.29, 0.717) is 12.1 Å². The van der Waals surface area contributed by atoms with Gasteiger partial charge in [-0.15, -0.1) is 0 Å². The van der Waals surface area contributed by atoms with E-state index in [1.807, 2.05) is 39.8 Å². The van der Waals surface area contributed by atoms with Crippen molar-refractivity contribution in [2.24, 2.45) is 0 Å². The fourth-order valence-electron chi connectivity index (χ4n) is 3.59. The van der Waals surface area contributed by atoms with Crippen LogP contribution in [0, 0.1) is 26.6 Å². The monoisotopic (exact) mass is 429 g/mol. The molecule has 0 aliphatic carbocycles. The minimum atomic E-state index is -0.459. The molecule has 0 radical (unpaired) electrons. The van der Waals surface area contributed by atoms with E-state index in [1.54, 1.807) is 29.0 Å². The highest BCUT2D eigenvalue weighted by Gasteiger charge is 2.18. The van der Waals surface area contributed by atoms with Gasteiger partial charge in [0.05, 0.1) is 20.2 Å². The molecule has 1 N–H and O–H groups in total. The number of anilines is 1. The van der Waals surface area contributed by atoms with Crippen LogP contribution in [-0.4, -0.2) is 55.4 Å². The number of hydrogen-bond acceptors (Lipinski definition) is 4. The summed E-state index contributed by atoms with van der Waals surface area (Å²) in [5, 5.41) is 2.95. The molecule has 0 fully saturated rings. The lowest BCUT2D eigenvalue weighted by atomic mass is 10.1. The first-order valence-corrected chi connectivity index (χ1v) is 10.3. The molecule has 6 nitrogen and oxygen atoms in total. The second-order valence-electron chi connectivity index (χ2n) is 7.87. The molecule has 0 aliphatic heterocycles. The summed E-state index contributed by atoms with van der Waals surface area (Å²) in [6, 6.07) is 8.71. The number of methoxy groups -OCH3 is 1. The van der Waals surface area contributed by atoms with Crippen molar-refractivity contribution in [3.05, 3.63) is 58.4 Å². The molecule has 7 heteroatoms. The minimum absolute atomic E-state index is 0.0890. The van der Waals surface area contributed by atoms with Gasteiger partial charge in [-0.25, -0.2) is 4.39 Å². The van der Waals surface area contributed by atoms with Crippen molar-refractivity contribution in [2.45, 2.75) is 34.2 Å². The van der Waals surface area contributed by atoms with Crippen LogP contribution in [0.5, 0.6) is 5.75 Å². The molecule has 0 saturated carbocycles. The van der Waals surface area contributed by atoms with E-state index >= 15 is 0 Å². The summed E-state index contributed by atoms with van der Waals surface area (Å²) in [6.07, 6.45) is 0. The second kappa shape index (κ2) is 10.9. The van der Waals surface area contributed by atoms with E-state index in [9.17, 15) is 14.0 Å². The van der Waals surface area contributed by atoms with Crippen LogP contribution in [0.4, 0.5) is 10.1 Å². The van der Waals surface area contributed by atoms with E-state index in [0.717, 1.165) is 22.4 Å². The van der Waals surface area contributed by atoms with Gasteiger partial charge in [0.1, 0.15) is 0 Å². The van der Waals surface area contributed by atoms with Crippen molar-refractivity contribution in [2.75, 3.05) is 39.1 Å². The molecule has 2 aromatic carbocycles. The molecule has 0 bridgehead atoms. The molecule has 0 saturated heterocycles. The number of nitrogens with one attached hydrogen (secondary N) is 1. The SMILES string of the molecule is CCN(Cc1ccc(OC)c(F)c1)C(=O)CN(C)CC(=O)Nc1c(C)cc(C)cc1C. The maximum Gasteiger partial charge on any atom is 0.238 e. The summed E-state index contributed by atoms with van der Waals surface area (Å²) < 4.78 is 18.9. The number of rotatable bonds is 9. The number of ether oxygens (including phenoxy) is 1. The zero-order valence-corrected chi connectivity index (χ0v) is 19.2. The molecule has 2 amide bonds. The van der Waals surface area contributed by atoms with Gasteiger partial charge >= 0.3 is 0 Å². The van der Waals surface area contributed by atoms with Crippen LogP contribution in [0.1, 0.15) is 29.2 Å². The number of carbonyl (C=O) groups excluding carboxylic acids is 2. The van der Waals surface area contributed by atoms with Crippen molar-refractivity contribution in [1.82, 2.24) is 9.80 Å². The van der Waals surface area contributed by atoms with E-state index in [2.05, 4.69) is 5.32 Å². The average molecular weight is 430 g/mol. The Morgan fingerprint density at radius 2 is 1.71 bits per heavy atom. The summed E-state index contributed by atoms with van der Waals surface area (Å²) in [4.78, 5) is 28.5. The molecule has 31 heavy (non-hydrogen) atoms. The summed E-state index contributed by atoms with van der Waals surface area (Å²) in [7, 11) is 3.14. The predicted molar refractivity (Wildman–Crippen MR) is 121 cm³/mol. The van der Waals surface area contributed by atoms with Crippen molar-refractivity contribution in [1.29, 1.82) is 0 Å². The zero-order chi connectivity index (χ0) is 23.1. The topological polar surface area (TPSA) is 61.9 Å². The highest BCUT2D eigenvalue weighted by molar-refractivity contribution is 5.94. The molecule has 0 heterocycles. The van der Waals surface area contributed by atoms with Crippen LogP contribution in [0.3, 0.4) is 0 Å². The Labute approximate surface area is 184 Å². The summed E-state index contributed by atoms with van der Waals surface area (Å²) in [6.45, 7) is 8.76. The maximum atomic E-state index is 13.9. The number of carbonyl (C=O) groups is 2. The molecule has 2 aromatic rings. The first-order chi connectivity index (χ1) is 14.6. The van der Waals surface area contributed by atoms with Crippen LogP contribution in [0.15, 0.2) is 30.3 Å². The van der Waals surface area contributed by atoms with E-state index in [-0.39, 0.29) is 37.2 Å². The Kier molecular flexibility index (Phi) is 8.56. The standard InChI is InChI=1S/C24H32FN3O3/c1-7-28(13-19-8-9-21(31-6)20(25)12-19)23(30)15-27(5)14-22(29)26-24-17(3)10-16(2)11-18(24)4/h8-12H,7,13-15H2,1-6H3,(H,26,29). The Balaban J connectivity index is 1.94. The number of amides is 2. The highest BCUT2D eigenvalue weighted by atomic mass is 19.1. The van der Waals surface area contributed by atoms with Gasteiger partial charge in [0.15, 0.2) is 11.6 Å². The van der Waals surface area contributed by atoms with Gasteiger partial charge in [-0.3, -0.25) is 14.5 Å². The molecule has 0 aromatic heterocycles. The molecule has 0 spiro atoms. The molecule has 0 atom stereocenters. The van der Waals surface area contributed by atoms with Crippen LogP contribution >= 0.6 is 0 Å². The number of nitrogens with zero attached hydrogens (tertiary/aromatic N) is 2. The largest absolute Gasteiger partial charge is 0.494 e. The van der Waals surface area contributed by atoms with E-state index in [4.69, 9.17) is 4.74 Å². The molecular weight excluding hydrogens is 397 g/mol. The quantitative estimate of drug-likeness (QED) is 0.661. The molecule has 0 unspecified atom stereocenters. The van der Waals surface area contributed by atoms with Crippen molar-refractivity contribution >= 4 is 17.5 Å². The third kappa shape index (κ3) is 6.79. The van der Waals surface area contributed by atoms with Gasteiger partial charge in [-0.1, -0.05) is 23.8 Å². The van der Waals surface area contributed by atoms with Crippen molar-refractivity contribution < 1.29 is 18.7 Å². The first kappa shape index (κ1) is 24.3.